The fraction of sp³-hybridized carbons (Fsp3) is 0.475. The highest BCUT2D eigenvalue weighted by atomic mass is 16.5. The molecule has 1 heterocycles. The van der Waals surface area contributed by atoms with Gasteiger partial charge in [0.15, 0.2) is 11.3 Å². The summed E-state index contributed by atoms with van der Waals surface area (Å²) in [5.74, 6) is 5.67. The number of ether oxygens (including phenoxy) is 5. The molecule has 0 amide bonds. The Morgan fingerprint density at radius 3 is 1.25 bits per heavy atom. The van der Waals surface area contributed by atoms with Crippen molar-refractivity contribution in [1.29, 1.82) is 0 Å². The molecule has 6 aromatic rings. The largest absolute Gasteiger partial charge is 0.493 e. The number of hydrogen-bond donors (Lipinski definition) is 0. The first-order chi connectivity index (χ1) is 31.5. The molecule has 374 valence electrons. The van der Waals surface area contributed by atoms with Crippen LogP contribution >= 0.6 is 0 Å². The lowest BCUT2D eigenvalue weighted by atomic mass is 9.93. The van der Waals surface area contributed by atoms with Crippen LogP contribution in [0.3, 0.4) is 0 Å². The van der Waals surface area contributed by atoms with Gasteiger partial charge in [0.2, 0.25) is 0 Å². The topological polar surface area (TPSA) is 62.5 Å². The van der Waals surface area contributed by atoms with Crippen molar-refractivity contribution in [3.05, 3.63) is 144 Å². The van der Waals surface area contributed by atoms with Gasteiger partial charge in [-0.3, -0.25) is 0 Å². The van der Waals surface area contributed by atoms with E-state index in [0.717, 1.165) is 71.9 Å². The molecular weight excluding hydrogens is 843 g/mol. The number of nitrogens with zero attached hydrogens (tertiary/aromatic N) is 1. The van der Waals surface area contributed by atoms with Crippen molar-refractivity contribution < 1.29 is 28.1 Å². The van der Waals surface area contributed by atoms with Crippen LogP contribution < -0.4 is 28.6 Å². The van der Waals surface area contributed by atoms with E-state index in [-0.39, 0.29) is 27.1 Å². The zero-order valence-corrected chi connectivity index (χ0v) is 45.8. The highest BCUT2D eigenvalue weighted by Gasteiger charge is 2.20. The summed E-state index contributed by atoms with van der Waals surface area (Å²) in [7, 11) is 5.72. The number of methoxy groups -OCH3 is 1. The van der Waals surface area contributed by atoms with Crippen molar-refractivity contribution in [3.8, 4) is 28.7 Å². The molecule has 0 aliphatic rings. The summed E-state index contributed by atoms with van der Waals surface area (Å²) < 4.78 is 33.8. The lowest BCUT2D eigenvalue weighted by molar-refractivity contribution is 0.197. The molecule has 7 heteroatoms. The molecule has 0 saturated carbocycles. The molecule has 0 fully saturated rings. The van der Waals surface area contributed by atoms with Crippen LogP contribution in [-0.4, -0.2) is 47.6 Å². The van der Waals surface area contributed by atoms with Gasteiger partial charge in [-0.1, -0.05) is 177 Å². The monoisotopic (exact) mass is 932 g/mol. The van der Waals surface area contributed by atoms with Gasteiger partial charge in [0, 0.05) is 36.7 Å². The maximum atomic E-state index is 5.83. The maximum Gasteiger partial charge on any atom is 0.176 e. The van der Waals surface area contributed by atoms with Crippen molar-refractivity contribution >= 4 is 16.7 Å². The van der Waals surface area contributed by atoms with Gasteiger partial charge in [0.1, 0.15) is 28.8 Å². The third-order valence-corrected chi connectivity index (χ3v) is 9.40. The van der Waals surface area contributed by atoms with E-state index in [0.29, 0.717) is 0 Å². The Hall–Kier alpha value is -5.56. The average molecular weight is 932 g/mol. The Morgan fingerprint density at radius 2 is 0.824 bits per heavy atom. The lowest BCUT2D eigenvalue weighted by Gasteiger charge is -2.20. The Bertz CT molecular complexity index is 2250. The van der Waals surface area contributed by atoms with E-state index in [9.17, 15) is 0 Å². The number of aryl methyl sites for hydroxylation is 2. The van der Waals surface area contributed by atoms with E-state index < -0.39 is 0 Å². The van der Waals surface area contributed by atoms with Crippen molar-refractivity contribution in [2.24, 2.45) is 21.7 Å². The SMILES string of the molecule is CC(C)(C)COc1ccccc1.CN(C)c1cccc(OCC(C)(C)C)c1.COc1cccc2cc(C(C)(C)C)oc12.Cc1ccccc1OCC(C)(C)C.Cc1ccccc1OCC(C)(C)C. The number of anilines is 1. The average Bonchev–Trinajstić information content (AvgIpc) is 3.71. The predicted molar refractivity (Wildman–Crippen MR) is 291 cm³/mol. The number of rotatable bonds is 10. The molecule has 0 saturated heterocycles. The Labute approximate surface area is 413 Å². The van der Waals surface area contributed by atoms with Crippen molar-refractivity contribution in [2.75, 3.05) is 52.5 Å². The normalized spacial score (nSPS) is 11.5. The maximum absolute atomic E-state index is 5.83. The lowest BCUT2D eigenvalue weighted by Crippen LogP contribution is -2.17. The van der Waals surface area contributed by atoms with Crippen molar-refractivity contribution in [1.82, 2.24) is 0 Å². The highest BCUT2D eigenvalue weighted by molar-refractivity contribution is 5.83. The smallest absolute Gasteiger partial charge is 0.176 e. The number of benzene rings is 5. The summed E-state index contributed by atoms with van der Waals surface area (Å²) in [6.45, 7) is 39.6. The standard InChI is InChI=1S/C13H21NO.C13H16O2.2C12H18O.C11H16O/c1-13(2,3)10-15-12-8-6-7-11(9-12)14(4)5;1-13(2,3)11-8-9-6-5-7-10(14-4)12(9)15-11;2*1-10-7-5-6-8-11(10)13-9-12(2,3)4;1-11(2,3)9-12-10-7-5-4-6-8-10/h6-9H,10H2,1-5H3;5-8H,1-4H3;2*5-8H,9H2,1-4H3;4-8H,9H2,1-3H3. The summed E-state index contributed by atoms with van der Waals surface area (Å²) in [5.41, 5.74) is 5.32. The molecular formula is C61H89NO6. The van der Waals surface area contributed by atoms with Crippen LogP contribution in [-0.2, 0) is 5.41 Å². The molecule has 1 aromatic heterocycles. The van der Waals surface area contributed by atoms with Gasteiger partial charge in [0.05, 0.1) is 33.5 Å². The van der Waals surface area contributed by atoms with E-state index in [1.54, 1.807) is 7.11 Å². The summed E-state index contributed by atoms with van der Waals surface area (Å²) in [5, 5.41) is 1.10. The Kier molecular flexibility index (Phi) is 23.1. The second-order valence-corrected chi connectivity index (χ2v) is 23.4. The zero-order chi connectivity index (χ0) is 51.3. The second-order valence-electron chi connectivity index (χ2n) is 23.4. The van der Waals surface area contributed by atoms with E-state index in [1.165, 1.54) is 16.8 Å². The summed E-state index contributed by atoms with van der Waals surface area (Å²) in [4.78, 5) is 2.07. The summed E-state index contributed by atoms with van der Waals surface area (Å²) >= 11 is 0. The van der Waals surface area contributed by atoms with Gasteiger partial charge in [-0.05, 0) is 95.2 Å². The van der Waals surface area contributed by atoms with Crippen LogP contribution in [0.25, 0.3) is 11.0 Å². The van der Waals surface area contributed by atoms with Crippen LogP contribution in [0.2, 0.25) is 0 Å². The van der Waals surface area contributed by atoms with E-state index in [4.69, 9.17) is 28.1 Å². The molecule has 0 atom stereocenters. The number of fused-ring (bicyclic) bond motifs is 1. The molecule has 6 rings (SSSR count). The fourth-order valence-electron chi connectivity index (χ4n) is 5.56. The molecule has 0 aliphatic heterocycles. The van der Waals surface area contributed by atoms with Crippen LogP contribution in [0.15, 0.2) is 132 Å². The Morgan fingerprint density at radius 1 is 0.426 bits per heavy atom. The minimum absolute atomic E-state index is 0.0318. The molecule has 0 spiro atoms. The molecule has 5 aromatic carbocycles. The van der Waals surface area contributed by atoms with Gasteiger partial charge in [-0.2, -0.15) is 0 Å². The van der Waals surface area contributed by atoms with E-state index in [2.05, 4.69) is 153 Å². The van der Waals surface area contributed by atoms with Gasteiger partial charge >= 0.3 is 0 Å². The third-order valence-electron chi connectivity index (χ3n) is 9.40. The molecule has 0 radical (unpaired) electrons. The molecule has 0 N–H and O–H groups in total. The molecule has 7 nitrogen and oxygen atoms in total. The minimum Gasteiger partial charge on any atom is -0.493 e. The van der Waals surface area contributed by atoms with Crippen LogP contribution in [0.4, 0.5) is 5.69 Å². The fourth-order valence-corrected chi connectivity index (χ4v) is 5.56. The van der Waals surface area contributed by atoms with E-state index in [1.807, 2.05) is 111 Å². The third kappa shape index (κ3) is 25.0. The first-order valence-corrected chi connectivity index (χ1v) is 24.0. The minimum atomic E-state index is 0.0318. The van der Waals surface area contributed by atoms with Gasteiger partial charge in [-0.25, -0.2) is 0 Å². The van der Waals surface area contributed by atoms with E-state index >= 15 is 0 Å². The Balaban J connectivity index is 0.000000293. The van der Waals surface area contributed by atoms with Gasteiger partial charge in [0.25, 0.3) is 0 Å². The molecule has 0 unspecified atom stereocenters. The molecule has 68 heavy (non-hydrogen) atoms. The zero-order valence-electron chi connectivity index (χ0n) is 45.8. The molecule has 0 bridgehead atoms. The summed E-state index contributed by atoms with van der Waals surface area (Å²) in [6.07, 6.45) is 0. The highest BCUT2D eigenvalue weighted by Crippen LogP contribution is 2.34. The predicted octanol–water partition coefficient (Wildman–Crippen LogP) is 16.9. The first-order valence-electron chi connectivity index (χ1n) is 24.0. The van der Waals surface area contributed by atoms with Crippen LogP contribution in [0, 0.1) is 35.5 Å². The summed E-state index contributed by atoms with van der Waals surface area (Å²) in [6, 6.07) is 42.3. The quantitative estimate of drug-likeness (QED) is 0.136. The number of furan rings is 1. The van der Waals surface area contributed by atoms with Crippen molar-refractivity contribution in [3.63, 3.8) is 0 Å². The van der Waals surface area contributed by atoms with Crippen LogP contribution in [0.5, 0.6) is 28.7 Å². The number of para-hydroxylation sites is 4. The van der Waals surface area contributed by atoms with Gasteiger partial charge < -0.3 is 33.0 Å². The van der Waals surface area contributed by atoms with Crippen molar-refractivity contribution in [2.45, 2.75) is 123 Å². The number of hydrogen-bond acceptors (Lipinski definition) is 7. The first kappa shape index (κ1) is 58.6. The molecule has 0 aliphatic carbocycles. The van der Waals surface area contributed by atoms with Crippen LogP contribution in [0.1, 0.15) is 121 Å². The van der Waals surface area contributed by atoms with Gasteiger partial charge in [-0.15, -0.1) is 0 Å². The second kappa shape index (κ2) is 26.8.